The van der Waals surface area contributed by atoms with E-state index in [2.05, 4.69) is 9.46 Å². The molecule has 0 aromatic rings. The lowest BCUT2D eigenvalue weighted by molar-refractivity contribution is 0.158. The van der Waals surface area contributed by atoms with Gasteiger partial charge < -0.3 is 4.74 Å². The maximum atomic E-state index is 11.2. The normalized spacial score (nSPS) is 13.2. The van der Waals surface area contributed by atoms with E-state index < -0.39 is 16.3 Å². The van der Waals surface area contributed by atoms with Crippen molar-refractivity contribution in [3.8, 4) is 0 Å². The van der Waals surface area contributed by atoms with Crippen molar-refractivity contribution < 1.29 is 17.9 Å². The minimum atomic E-state index is -3.82. The SMILES string of the molecule is CCOC(=O)NS(=O)(=O)NCCCC(C)Cl. The first kappa shape index (κ1) is 15.5. The van der Waals surface area contributed by atoms with E-state index in [0.717, 1.165) is 0 Å². The van der Waals surface area contributed by atoms with Gasteiger partial charge in [0.1, 0.15) is 0 Å². The first-order valence-electron chi connectivity index (χ1n) is 4.95. The van der Waals surface area contributed by atoms with Crippen molar-refractivity contribution in [3.63, 3.8) is 0 Å². The van der Waals surface area contributed by atoms with Gasteiger partial charge in [0.25, 0.3) is 0 Å². The highest BCUT2D eigenvalue weighted by Gasteiger charge is 2.13. The summed E-state index contributed by atoms with van der Waals surface area (Å²) in [4.78, 5) is 10.8. The van der Waals surface area contributed by atoms with Gasteiger partial charge in [-0.1, -0.05) is 0 Å². The highest BCUT2D eigenvalue weighted by atomic mass is 35.5. The van der Waals surface area contributed by atoms with Crippen LogP contribution in [0.15, 0.2) is 0 Å². The molecule has 2 N–H and O–H groups in total. The van der Waals surface area contributed by atoms with E-state index in [1.54, 1.807) is 11.6 Å². The van der Waals surface area contributed by atoms with Gasteiger partial charge in [-0.15, -0.1) is 11.6 Å². The van der Waals surface area contributed by atoms with Crippen molar-refractivity contribution in [3.05, 3.63) is 0 Å². The molecular formula is C8H17ClN2O4S. The highest BCUT2D eigenvalue weighted by molar-refractivity contribution is 7.88. The zero-order valence-electron chi connectivity index (χ0n) is 9.32. The Morgan fingerprint density at radius 1 is 1.50 bits per heavy atom. The number of ether oxygens (including phenoxy) is 1. The monoisotopic (exact) mass is 272 g/mol. The fourth-order valence-electron chi connectivity index (χ4n) is 0.896. The van der Waals surface area contributed by atoms with Crippen molar-refractivity contribution in [1.29, 1.82) is 0 Å². The zero-order valence-corrected chi connectivity index (χ0v) is 10.9. The van der Waals surface area contributed by atoms with Crippen LogP contribution in [-0.2, 0) is 14.9 Å². The molecule has 0 saturated heterocycles. The highest BCUT2D eigenvalue weighted by Crippen LogP contribution is 2.02. The summed E-state index contributed by atoms with van der Waals surface area (Å²) in [5, 5.41) is 0.00233. The number of halogens is 1. The van der Waals surface area contributed by atoms with Gasteiger partial charge in [-0.25, -0.2) is 9.52 Å². The van der Waals surface area contributed by atoms with Crippen LogP contribution in [-0.4, -0.2) is 33.0 Å². The van der Waals surface area contributed by atoms with Gasteiger partial charge in [-0.3, -0.25) is 0 Å². The molecular weight excluding hydrogens is 256 g/mol. The van der Waals surface area contributed by atoms with E-state index in [-0.39, 0.29) is 18.5 Å². The molecule has 0 radical (unpaired) electrons. The van der Waals surface area contributed by atoms with Crippen LogP contribution in [0.5, 0.6) is 0 Å². The lowest BCUT2D eigenvalue weighted by Gasteiger charge is -2.08. The molecule has 0 spiro atoms. The number of alkyl halides is 1. The molecule has 6 nitrogen and oxygen atoms in total. The smallest absolute Gasteiger partial charge is 0.421 e. The number of rotatable bonds is 7. The summed E-state index contributed by atoms with van der Waals surface area (Å²) < 4.78 is 30.8. The van der Waals surface area contributed by atoms with Crippen molar-refractivity contribution in [2.75, 3.05) is 13.2 Å². The standard InChI is InChI=1S/C8H17ClN2O4S/c1-3-15-8(12)11-16(13,14)10-6-4-5-7(2)9/h7,10H,3-6H2,1-2H3,(H,11,12). The van der Waals surface area contributed by atoms with Crippen LogP contribution in [0, 0.1) is 0 Å². The Kier molecular flexibility index (Phi) is 7.44. The number of hydrogen-bond donors (Lipinski definition) is 2. The zero-order chi connectivity index (χ0) is 12.6. The van der Waals surface area contributed by atoms with E-state index in [9.17, 15) is 13.2 Å². The molecule has 0 heterocycles. The Hall–Kier alpha value is -0.530. The molecule has 1 atom stereocenters. The van der Waals surface area contributed by atoms with Crippen molar-refractivity contribution in [2.24, 2.45) is 0 Å². The van der Waals surface area contributed by atoms with Crippen LogP contribution in [0.4, 0.5) is 4.79 Å². The Labute approximate surface area is 101 Å². The summed E-state index contributed by atoms with van der Waals surface area (Å²) >= 11 is 5.69. The third-order valence-corrected chi connectivity index (χ3v) is 2.80. The fourth-order valence-corrected chi connectivity index (χ4v) is 1.81. The van der Waals surface area contributed by atoms with Gasteiger partial charge in [0.15, 0.2) is 0 Å². The fraction of sp³-hybridized carbons (Fsp3) is 0.875. The Balaban J connectivity index is 3.83. The minimum Gasteiger partial charge on any atom is -0.449 e. The van der Waals surface area contributed by atoms with E-state index in [1.165, 1.54) is 0 Å². The molecule has 0 saturated carbocycles. The molecule has 0 aromatic carbocycles. The van der Waals surface area contributed by atoms with Crippen molar-refractivity contribution >= 4 is 27.9 Å². The number of carbonyl (C=O) groups excluding carboxylic acids is 1. The quantitative estimate of drug-likeness (QED) is 0.534. The topological polar surface area (TPSA) is 84.5 Å². The second-order valence-electron chi connectivity index (χ2n) is 3.14. The molecule has 0 aliphatic rings. The molecule has 0 rings (SSSR count). The maximum absolute atomic E-state index is 11.2. The van der Waals surface area contributed by atoms with Crippen LogP contribution in [0.2, 0.25) is 0 Å². The molecule has 8 heteroatoms. The van der Waals surface area contributed by atoms with Crippen LogP contribution in [0.1, 0.15) is 26.7 Å². The number of amides is 1. The summed E-state index contributed by atoms with van der Waals surface area (Å²) in [5.41, 5.74) is 0. The van der Waals surface area contributed by atoms with Gasteiger partial charge in [0.2, 0.25) is 0 Å². The molecule has 0 bridgehead atoms. The number of hydrogen-bond acceptors (Lipinski definition) is 4. The molecule has 1 unspecified atom stereocenters. The van der Waals surface area contributed by atoms with Crippen molar-refractivity contribution in [1.82, 2.24) is 9.44 Å². The minimum absolute atomic E-state index is 0.00233. The summed E-state index contributed by atoms with van der Waals surface area (Å²) in [6.45, 7) is 3.76. The van der Waals surface area contributed by atoms with E-state index in [4.69, 9.17) is 11.6 Å². The van der Waals surface area contributed by atoms with Crippen LogP contribution >= 0.6 is 11.6 Å². The van der Waals surface area contributed by atoms with Gasteiger partial charge >= 0.3 is 16.3 Å². The predicted molar refractivity (Wildman–Crippen MR) is 61.6 cm³/mol. The summed E-state index contributed by atoms with van der Waals surface area (Å²) in [7, 11) is -3.82. The van der Waals surface area contributed by atoms with Crippen molar-refractivity contribution in [2.45, 2.75) is 32.1 Å². The second-order valence-corrected chi connectivity index (χ2v) is 5.39. The predicted octanol–water partition coefficient (Wildman–Crippen LogP) is 0.974. The summed E-state index contributed by atoms with van der Waals surface area (Å²) in [6.07, 6.45) is 0.318. The third-order valence-electron chi connectivity index (χ3n) is 1.56. The lowest BCUT2D eigenvalue weighted by atomic mass is 10.2. The summed E-state index contributed by atoms with van der Waals surface area (Å²) in [6, 6.07) is 0. The molecule has 0 aliphatic carbocycles. The third kappa shape index (κ3) is 8.75. The van der Waals surface area contributed by atoms with E-state index in [1.807, 2.05) is 6.92 Å². The summed E-state index contributed by atoms with van der Waals surface area (Å²) in [5.74, 6) is 0. The van der Waals surface area contributed by atoms with Gasteiger partial charge in [0, 0.05) is 11.9 Å². The maximum Gasteiger partial charge on any atom is 0.421 e. The Morgan fingerprint density at radius 2 is 2.12 bits per heavy atom. The average molecular weight is 273 g/mol. The molecule has 1 amide bonds. The molecule has 0 aliphatic heterocycles. The largest absolute Gasteiger partial charge is 0.449 e. The Bertz CT molecular complexity index is 305. The van der Waals surface area contributed by atoms with Gasteiger partial charge in [-0.2, -0.15) is 13.1 Å². The number of nitrogens with one attached hydrogen (secondary N) is 2. The van der Waals surface area contributed by atoms with Crippen LogP contribution in [0.25, 0.3) is 0 Å². The van der Waals surface area contributed by atoms with Crippen LogP contribution in [0.3, 0.4) is 0 Å². The van der Waals surface area contributed by atoms with E-state index in [0.29, 0.717) is 12.8 Å². The first-order chi connectivity index (χ1) is 7.37. The lowest BCUT2D eigenvalue weighted by Crippen LogP contribution is -2.40. The molecule has 96 valence electrons. The second kappa shape index (κ2) is 7.70. The van der Waals surface area contributed by atoms with Gasteiger partial charge in [0.05, 0.1) is 6.61 Å². The van der Waals surface area contributed by atoms with Gasteiger partial charge in [-0.05, 0) is 26.7 Å². The Morgan fingerprint density at radius 3 is 2.62 bits per heavy atom. The molecule has 0 fully saturated rings. The van der Waals surface area contributed by atoms with E-state index >= 15 is 0 Å². The molecule has 0 aromatic heterocycles. The first-order valence-corrected chi connectivity index (χ1v) is 6.87. The molecule has 16 heavy (non-hydrogen) atoms. The number of carbonyl (C=O) groups is 1. The average Bonchev–Trinajstić information content (AvgIpc) is 2.11. The van der Waals surface area contributed by atoms with Crippen LogP contribution < -0.4 is 9.44 Å².